The summed E-state index contributed by atoms with van der Waals surface area (Å²) in [5, 5.41) is 0. The minimum atomic E-state index is 1.05. The van der Waals surface area contributed by atoms with E-state index in [0.717, 1.165) is 6.42 Å². The normalized spacial score (nSPS) is 11.5. The van der Waals surface area contributed by atoms with Gasteiger partial charge in [0.15, 0.2) is 0 Å². The average molecular weight is 608 g/mol. The topological polar surface area (TPSA) is 8.81 Å². The molecule has 1 aromatic heterocycles. The predicted octanol–water partition coefficient (Wildman–Crippen LogP) is 13.3. The predicted molar refractivity (Wildman–Crippen MR) is 194 cm³/mol. The number of hydrogen-bond donors (Lipinski definition) is 0. The largest absolute Gasteiger partial charge is 0.260 e. The molecule has 0 aliphatic carbocycles. The highest BCUT2D eigenvalue weighted by Gasteiger charge is 2.17. The maximum absolute atomic E-state index is 2.57. The molecule has 2 nitrogen and oxygen atoms in total. The third-order valence-electron chi connectivity index (χ3n) is 9.80. The van der Waals surface area contributed by atoms with Gasteiger partial charge in [0.05, 0.1) is 19.5 Å². The maximum atomic E-state index is 2.57. The van der Waals surface area contributed by atoms with Crippen molar-refractivity contribution in [2.24, 2.45) is 0 Å². The van der Waals surface area contributed by atoms with Crippen molar-refractivity contribution in [1.82, 2.24) is 4.57 Å². The lowest BCUT2D eigenvalue weighted by molar-refractivity contribution is -0.703. The van der Waals surface area contributed by atoms with Crippen LogP contribution in [0, 0.1) is 0 Å². The molecule has 0 bridgehead atoms. The molecule has 1 heterocycles. The summed E-state index contributed by atoms with van der Waals surface area (Å²) in [6.07, 6.45) is 45.7. The van der Waals surface area contributed by atoms with E-state index in [2.05, 4.69) is 65.7 Å². The fourth-order valence-electron chi connectivity index (χ4n) is 6.84. The van der Waals surface area contributed by atoms with Crippen LogP contribution in [-0.2, 0) is 19.5 Å². The summed E-state index contributed by atoms with van der Waals surface area (Å²) in [5.41, 5.74) is 1.43. The molecule has 2 rings (SSSR count). The van der Waals surface area contributed by atoms with Gasteiger partial charge >= 0.3 is 0 Å². The molecule has 2 heteroatoms. The molecule has 0 fully saturated rings. The van der Waals surface area contributed by atoms with E-state index >= 15 is 0 Å². The molecule has 0 saturated heterocycles. The standard InChI is InChI=1S/C42H75N2/c1-3-5-7-9-11-13-15-17-18-20-22-24-26-28-33-37-44-39-38-43(42(44)40-41-34-30-29-31-35-41)36-32-27-25-23-21-19-16-14-12-10-8-6-4-2/h29-31,34-35,38-39H,3-28,32-33,36-37,40H2,1-2H3/q+1. The Kier molecular flexibility index (Phi) is 25.3. The number of aryl methyl sites for hydroxylation is 2. The highest BCUT2D eigenvalue weighted by atomic mass is 15.1. The molecule has 2 aromatic rings. The highest BCUT2D eigenvalue weighted by molar-refractivity contribution is 5.18. The first-order valence-electron chi connectivity index (χ1n) is 20.0. The molecule has 0 aliphatic heterocycles. The summed E-state index contributed by atoms with van der Waals surface area (Å²) in [5.74, 6) is 1.50. The van der Waals surface area contributed by atoms with Crippen molar-refractivity contribution in [3.05, 3.63) is 54.1 Å². The van der Waals surface area contributed by atoms with Crippen LogP contribution >= 0.6 is 0 Å². The summed E-state index contributed by atoms with van der Waals surface area (Å²) in [6, 6.07) is 11.1. The van der Waals surface area contributed by atoms with Crippen molar-refractivity contribution < 1.29 is 4.57 Å². The van der Waals surface area contributed by atoms with E-state index in [-0.39, 0.29) is 0 Å². The fourth-order valence-corrected chi connectivity index (χ4v) is 6.84. The molecule has 0 N–H and O–H groups in total. The molecule has 0 aliphatic rings. The Morgan fingerprint density at radius 3 is 1.27 bits per heavy atom. The Labute approximate surface area is 275 Å². The van der Waals surface area contributed by atoms with E-state index in [9.17, 15) is 0 Å². The van der Waals surface area contributed by atoms with E-state index in [0.29, 0.717) is 0 Å². The van der Waals surface area contributed by atoms with E-state index < -0.39 is 0 Å². The maximum Gasteiger partial charge on any atom is 0.260 e. The number of benzene rings is 1. The van der Waals surface area contributed by atoms with Crippen LogP contribution < -0.4 is 4.57 Å². The van der Waals surface area contributed by atoms with Gasteiger partial charge in [-0.25, -0.2) is 9.13 Å². The number of nitrogens with zero attached hydrogens (tertiary/aromatic N) is 2. The van der Waals surface area contributed by atoms with Gasteiger partial charge in [-0.2, -0.15) is 0 Å². The van der Waals surface area contributed by atoms with Gasteiger partial charge in [-0.1, -0.05) is 198 Å². The van der Waals surface area contributed by atoms with Crippen LogP contribution in [0.3, 0.4) is 0 Å². The second kappa shape index (κ2) is 28.9. The monoisotopic (exact) mass is 608 g/mol. The van der Waals surface area contributed by atoms with Crippen LogP contribution in [-0.4, -0.2) is 4.57 Å². The van der Waals surface area contributed by atoms with E-state index in [1.54, 1.807) is 0 Å². The molecule has 0 saturated carbocycles. The van der Waals surface area contributed by atoms with Crippen LogP contribution in [0.4, 0.5) is 0 Å². The SMILES string of the molecule is CCCCCCCCCCCCCCCCC[n+]1ccn(CCCCCCCCCCCCCCC)c1Cc1ccccc1. The lowest BCUT2D eigenvalue weighted by Crippen LogP contribution is -2.37. The Bertz CT molecular complexity index is 854. The molecular formula is C42H75N2+. The number of unbranched alkanes of at least 4 members (excludes halogenated alkanes) is 26. The molecule has 0 spiro atoms. The van der Waals surface area contributed by atoms with Crippen LogP contribution in [0.25, 0.3) is 0 Å². The van der Waals surface area contributed by atoms with E-state index in [1.165, 1.54) is 204 Å². The molecule has 0 unspecified atom stereocenters. The second-order valence-corrected chi connectivity index (χ2v) is 14.0. The summed E-state index contributed by atoms with van der Waals surface area (Å²) in [7, 11) is 0. The molecule has 252 valence electrons. The average Bonchev–Trinajstić information content (AvgIpc) is 3.42. The van der Waals surface area contributed by atoms with Gasteiger partial charge in [0.2, 0.25) is 0 Å². The van der Waals surface area contributed by atoms with Crippen molar-refractivity contribution in [3.63, 3.8) is 0 Å². The van der Waals surface area contributed by atoms with Crippen LogP contribution in [0.5, 0.6) is 0 Å². The molecule has 1 aromatic carbocycles. The zero-order valence-corrected chi connectivity index (χ0v) is 29.9. The minimum absolute atomic E-state index is 1.05. The first-order chi connectivity index (χ1) is 21.8. The van der Waals surface area contributed by atoms with E-state index in [4.69, 9.17) is 0 Å². The van der Waals surface area contributed by atoms with Crippen molar-refractivity contribution in [2.75, 3.05) is 0 Å². The third-order valence-corrected chi connectivity index (χ3v) is 9.80. The number of hydrogen-bond acceptors (Lipinski definition) is 0. The zero-order chi connectivity index (χ0) is 31.2. The highest BCUT2D eigenvalue weighted by Crippen LogP contribution is 2.16. The quantitative estimate of drug-likeness (QED) is 0.0578. The zero-order valence-electron chi connectivity index (χ0n) is 29.9. The smallest absolute Gasteiger partial charge is 0.234 e. The fraction of sp³-hybridized carbons (Fsp3) is 0.786. The van der Waals surface area contributed by atoms with Crippen LogP contribution in [0.15, 0.2) is 42.7 Å². The molecule has 0 atom stereocenters. The Balaban J connectivity index is 1.57. The van der Waals surface area contributed by atoms with Gasteiger partial charge in [0.25, 0.3) is 5.82 Å². The van der Waals surface area contributed by atoms with Crippen molar-refractivity contribution in [1.29, 1.82) is 0 Å². The lowest BCUT2D eigenvalue weighted by atomic mass is 10.0. The van der Waals surface area contributed by atoms with E-state index in [1.807, 2.05) is 0 Å². The number of rotatable bonds is 32. The Morgan fingerprint density at radius 1 is 0.455 bits per heavy atom. The summed E-state index contributed by atoms with van der Waals surface area (Å²) in [4.78, 5) is 0. The van der Waals surface area contributed by atoms with Gasteiger partial charge in [-0.3, -0.25) is 0 Å². The van der Waals surface area contributed by atoms with Gasteiger partial charge in [0.1, 0.15) is 12.4 Å². The van der Waals surface area contributed by atoms with Gasteiger partial charge in [-0.15, -0.1) is 0 Å². The van der Waals surface area contributed by atoms with Crippen molar-refractivity contribution >= 4 is 0 Å². The Hall–Kier alpha value is -1.57. The van der Waals surface area contributed by atoms with Gasteiger partial charge in [0, 0.05) is 0 Å². The van der Waals surface area contributed by atoms with Crippen molar-refractivity contribution in [3.8, 4) is 0 Å². The third kappa shape index (κ3) is 20.5. The lowest BCUT2D eigenvalue weighted by Gasteiger charge is -2.07. The molecule has 0 amide bonds. The van der Waals surface area contributed by atoms with Gasteiger partial charge < -0.3 is 0 Å². The summed E-state index contributed by atoms with van der Waals surface area (Å²) >= 11 is 0. The van der Waals surface area contributed by atoms with Crippen LogP contribution in [0.2, 0.25) is 0 Å². The second-order valence-electron chi connectivity index (χ2n) is 14.0. The first kappa shape index (κ1) is 38.6. The Morgan fingerprint density at radius 2 is 0.841 bits per heavy atom. The first-order valence-corrected chi connectivity index (χ1v) is 20.0. The summed E-state index contributed by atoms with van der Waals surface area (Å²) < 4.78 is 5.13. The summed E-state index contributed by atoms with van der Waals surface area (Å²) in [6.45, 7) is 6.96. The number of imidazole rings is 1. The number of aromatic nitrogens is 2. The van der Waals surface area contributed by atoms with Crippen LogP contribution in [0.1, 0.15) is 205 Å². The minimum Gasteiger partial charge on any atom is -0.234 e. The van der Waals surface area contributed by atoms with Crippen molar-refractivity contribution in [2.45, 2.75) is 213 Å². The molecule has 0 radical (unpaired) electrons. The molecule has 44 heavy (non-hydrogen) atoms. The van der Waals surface area contributed by atoms with Gasteiger partial charge in [-0.05, 0) is 31.2 Å². The molecular weight excluding hydrogens is 532 g/mol.